The smallest absolute Gasteiger partial charge is 0.271 e. The number of hydrogen-bond donors (Lipinski definition) is 1. The summed E-state index contributed by atoms with van der Waals surface area (Å²) in [6, 6.07) is 5.76. The second-order valence-electron chi connectivity index (χ2n) is 7.05. The fraction of sp³-hybridized carbons (Fsp3) is 0.409. The second-order valence-corrected chi connectivity index (χ2v) is 7.05. The zero-order valence-corrected chi connectivity index (χ0v) is 17.5. The Balaban J connectivity index is 2.40. The van der Waals surface area contributed by atoms with E-state index in [0.29, 0.717) is 18.8 Å². The molecule has 29 heavy (non-hydrogen) atoms. The molecule has 0 saturated heterocycles. The van der Waals surface area contributed by atoms with Crippen molar-refractivity contribution >= 4 is 5.78 Å². The number of hydrogen-bond acceptors (Lipinski definition) is 6. The van der Waals surface area contributed by atoms with E-state index in [-0.39, 0.29) is 29.8 Å². The van der Waals surface area contributed by atoms with Crippen LogP contribution in [0.4, 0.5) is 0 Å². The summed E-state index contributed by atoms with van der Waals surface area (Å²) >= 11 is 0. The lowest BCUT2D eigenvalue weighted by Crippen LogP contribution is -2.28. The Labute approximate surface area is 170 Å². The van der Waals surface area contributed by atoms with Gasteiger partial charge in [-0.25, -0.2) is 0 Å². The number of aromatic hydroxyl groups is 1. The maximum absolute atomic E-state index is 12.9. The van der Waals surface area contributed by atoms with Crippen LogP contribution < -0.4 is 10.3 Å². The number of benzene rings is 1. The number of ether oxygens (including phenoxy) is 2. The number of pyridine rings is 1. The molecule has 154 valence electrons. The van der Waals surface area contributed by atoms with Gasteiger partial charge in [-0.05, 0) is 50.8 Å². The molecule has 0 amide bonds. The van der Waals surface area contributed by atoms with Crippen molar-refractivity contribution in [2.45, 2.75) is 40.7 Å². The van der Waals surface area contributed by atoms with Crippen LogP contribution in [0.1, 0.15) is 44.6 Å². The highest BCUT2D eigenvalue weighted by Crippen LogP contribution is 2.26. The van der Waals surface area contributed by atoms with Gasteiger partial charge in [0.05, 0.1) is 5.56 Å². The van der Waals surface area contributed by atoms with Gasteiger partial charge in [0.2, 0.25) is 11.7 Å². The summed E-state index contributed by atoms with van der Waals surface area (Å²) in [5.41, 5.74) is 2.20. The quantitative estimate of drug-likeness (QED) is 0.542. The Morgan fingerprint density at radius 2 is 1.83 bits per heavy atom. The number of carbonyl (C=O) groups excluding carboxylic acids is 1. The fourth-order valence-corrected chi connectivity index (χ4v) is 3.46. The van der Waals surface area contributed by atoms with E-state index in [4.69, 9.17) is 9.47 Å². The average molecular weight is 398 g/mol. The summed E-state index contributed by atoms with van der Waals surface area (Å²) in [6.07, 6.45) is 0.448. The van der Waals surface area contributed by atoms with Crippen LogP contribution in [0.15, 0.2) is 16.9 Å². The zero-order valence-electron chi connectivity index (χ0n) is 17.5. The first kappa shape index (κ1) is 22.2. The summed E-state index contributed by atoms with van der Waals surface area (Å²) in [6.45, 7) is 7.44. The molecule has 0 bridgehead atoms. The SMILES string of the molecule is COCCCn1c(O)c(C(=O)COc2c(C)cc(C)cc2C)c(C)c(C#N)c1=O. The van der Waals surface area contributed by atoms with Gasteiger partial charge in [0.15, 0.2) is 6.61 Å². The third-order valence-corrected chi connectivity index (χ3v) is 4.76. The lowest BCUT2D eigenvalue weighted by atomic mass is 10.0. The summed E-state index contributed by atoms with van der Waals surface area (Å²) in [5, 5.41) is 20.0. The molecule has 2 rings (SSSR count). The molecular weight excluding hydrogens is 372 g/mol. The van der Waals surface area contributed by atoms with E-state index in [0.717, 1.165) is 21.3 Å². The molecule has 2 aromatic rings. The van der Waals surface area contributed by atoms with Crippen LogP contribution in [0, 0.1) is 39.0 Å². The van der Waals surface area contributed by atoms with Crippen LogP contribution in [0.2, 0.25) is 0 Å². The molecule has 0 aliphatic heterocycles. The van der Waals surface area contributed by atoms with Crippen LogP contribution >= 0.6 is 0 Å². The van der Waals surface area contributed by atoms with E-state index in [1.165, 1.54) is 14.0 Å². The Morgan fingerprint density at radius 1 is 1.21 bits per heavy atom. The summed E-state index contributed by atoms with van der Waals surface area (Å²) in [7, 11) is 1.53. The van der Waals surface area contributed by atoms with Crippen molar-refractivity contribution in [1.29, 1.82) is 5.26 Å². The van der Waals surface area contributed by atoms with E-state index in [1.54, 1.807) is 0 Å². The van der Waals surface area contributed by atoms with Gasteiger partial charge in [0.25, 0.3) is 5.56 Å². The third-order valence-electron chi connectivity index (χ3n) is 4.76. The number of carbonyl (C=O) groups is 1. The topological polar surface area (TPSA) is 102 Å². The monoisotopic (exact) mass is 398 g/mol. The number of aryl methyl sites for hydroxylation is 3. The van der Waals surface area contributed by atoms with Crippen molar-refractivity contribution in [1.82, 2.24) is 4.57 Å². The van der Waals surface area contributed by atoms with E-state index >= 15 is 0 Å². The number of methoxy groups -OCH3 is 1. The highest BCUT2D eigenvalue weighted by molar-refractivity contribution is 6.01. The first-order chi connectivity index (χ1) is 13.7. The molecule has 0 saturated carbocycles. The van der Waals surface area contributed by atoms with Crippen LogP contribution in [-0.2, 0) is 11.3 Å². The van der Waals surface area contributed by atoms with Gasteiger partial charge in [-0.3, -0.25) is 14.2 Å². The van der Waals surface area contributed by atoms with Crippen molar-refractivity contribution in [3.05, 3.63) is 55.9 Å². The van der Waals surface area contributed by atoms with Gasteiger partial charge < -0.3 is 14.6 Å². The second kappa shape index (κ2) is 9.39. The third kappa shape index (κ3) is 4.66. The number of nitriles is 1. The van der Waals surface area contributed by atoms with Crippen molar-refractivity contribution in [2.75, 3.05) is 20.3 Å². The van der Waals surface area contributed by atoms with E-state index < -0.39 is 17.2 Å². The molecule has 0 aliphatic rings. The van der Waals surface area contributed by atoms with Crippen molar-refractivity contribution in [3.8, 4) is 17.7 Å². The van der Waals surface area contributed by atoms with Gasteiger partial charge in [-0.15, -0.1) is 0 Å². The minimum atomic E-state index is -0.624. The molecule has 0 unspecified atom stereocenters. The summed E-state index contributed by atoms with van der Waals surface area (Å²) < 4.78 is 11.8. The van der Waals surface area contributed by atoms with Crippen LogP contribution in [-0.4, -0.2) is 35.8 Å². The van der Waals surface area contributed by atoms with Crippen molar-refractivity contribution in [3.63, 3.8) is 0 Å². The van der Waals surface area contributed by atoms with Crippen LogP contribution in [0.25, 0.3) is 0 Å². The Kier molecular flexibility index (Phi) is 7.18. The number of aromatic nitrogens is 1. The maximum atomic E-state index is 12.9. The normalized spacial score (nSPS) is 10.6. The molecule has 0 atom stereocenters. The number of Topliss-reactive ketones (excluding diaryl/α,β-unsaturated/α-hetero) is 1. The molecule has 7 nitrogen and oxygen atoms in total. The summed E-state index contributed by atoms with van der Waals surface area (Å²) in [4.78, 5) is 25.4. The maximum Gasteiger partial charge on any atom is 0.271 e. The predicted octanol–water partition coefficient (Wildman–Crippen LogP) is 2.96. The first-order valence-electron chi connectivity index (χ1n) is 9.32. The molecular formula is C22H26N2O5. The van der Waals surface area contributed by atoms with Gasteiger partial charge in [-0.2, -0.15) is 5.26 Å². The van der Waals surface area contributed by atoms with Crippen LogP contribution in [0.3, 0.4) is 0 Å². The predicted molar refractivity (Wildman–Crippen MR) is 109 cm³/mol. The average Bonchev–Trinajstić information content (AvgIpc) is 2.64. The van der Waals surface area contributed by atoms with E-state index in [9.17, 15) is 20.0 Å². The minimum Gasteiger partial charge on any atom is -0.494 e. The molecule has 0 spiro atoms. The highest BCUT2D eigenvalue weighted by Gasteiger charge is 2.24. The van der Waals surface area contributed by atoms with Crippen LogP contribution in [0.5, 0.6) is 11.6 Å². The van der Waals surface area contributed by atoms with Gasteiger partial charge in [0.1, 0.15) is 17.4 Å². The molecule has 0 fully saturated rings. The Bertz CT molecular complexity index is 1010. The molecule has 0 radical (unpaired) electrons. The largest absolute Gasteiger partial charge is 0.494 e. The molecule has 1 aromatic carbocycles. The van der Waals surface area contributed by atoms with Gasteiger partial charge in [0, 0.05) is 20.3 Å². The fourth-order valence-electron chi connectivity index (χ4n) is 3.46. The van der Waals surface area contributed by atoms with Gasteiger partial charge in [-0.1, -0.05) is 17.7 Å². The number of rotatable bonds is 8. The summed E-state index contributed by atoms with van der Waals surface area (Å²) in [5.74, 6) is -0.347. The van der Waals surface area contributed by atoms with Crippen molar-refractivity contribution < 1.29 is 19.4 Å². The molecule has 1 N–H and O–H groups in total. The van der Waals surface area contributed by atoms with Crippen molar-refractivity contribution in [2.24, 2.45) is 0 Å². The lowest BCUT2D eigenvalue weighted by molar-refractivity contribution is 0.0915. The molecule has 1 heterocycles. The lowest BCUT2D eigenvalue weighted by Gasteiger charge is -2.17. The Hall–Kier alpha value is -3.11. The number of nitrogens with zero attached hydrogens (tertiary/aromatic N) is 2. The van der Waals surface area contributed by atoms with E-state index in [2.05, 4.69) is 0 Å². The van der Waals surface area contributed by atoms with E-state index in [1.807, 2.05) is 39.0 Å². The molecule has 1 aromatic heterocycles. The zero-order chi connectivity index (χ0) is 21.7. The molecule has 7 heteroatoms. The molecule has 0 aliphatic carbocycles. The first-order valence-corrected chi connectivity index (χ1v) is 9.32. The highest BCUT2D eigenvalue weighted by atomic mass is 16.5. The standard InChI is InChI=1S/C22H26N2O5/c1-13-9-14(2)20(15(3)10-13)29-12-18(25)19-16(4)17(11-23)21(26)24(22(19)27)7-6-8-28-5/h9-10,27H,6-8,12H2,1-5H3. The minimum absolute atomic E-state index is 0.0685. The van der Waals surface area contributed by atoms with Gasteiger partial charge >= 0.3 is 0 Å². The Morgan fingerprint density at radius 3 is 2.38 bits per heavy atom. The number of ketones is 1.